The van der Waals surface area contributed by atoms with Crippen molar-refractivity contribution in [3.8, 4) is 22.4 Å². The Hall–Kier alpha value is -4.66. The minimum absolute atomic E-state index is 0.0473. The van der Waals surface area contributed by atoms with Crippen LogP contribution in [0.25, 0.3) is 33.4 Å². The Balaban J connectivity index is 1.34. The number of carbonyl (C=O) groups excluding carboxylic acids is 2. The van der Waals surface area contributed by atoms with E-state index < -0.39 is 5.91 Å². The summed E-state index contributed by atoms with van der Waals surface area (Å²) in [4.78, 5) is 32.1. The molecule has 0 aliphatic heterocycles. The number of aldehydes is 1. The van der Waals surface area contributed by atoms with E-state index in [1.807, 2.05) is 76.4 Å². The average Bonchev–Trinajstić information content (AvgIpc) is 3.56. The molecule has 2 N–H and O–H groups in total. The topological polar surface area (TPSA) is 127 Å². The highest BCUT2D eigenvalue weighted by Crippen LogP contribution is 2.30. The quantitative estimate of drug-likeness (QED) is 0.298. The van der Waals surface area contributed by atoms with Crippen LogP contribution in [0.4, 0.5) is 0 Å². The molecule has 0 spiro atoms. The van der Waals surface area contributed by atoms with E-state index in [0.717, 1.165) is 50.7 Å². The predicted molar refractivity (Wildman–Crippen MR) is 143 cm³/mol. The van der Waals surface area contributed by atoms with Gasteiger partial charge in [-0.05, 0) is 41.3 Å². The van der Waals surface area contributed by atoms with E-state index in [1.54, 1.807) is 0 Å². The number of amides is 1. The summed E-state index contributed by atoms with van der Waals surface area (Å²) in [5.41, 5.74) is 7.06. The molecule has 0 saturated heterocycles. The third kappa shape index (κ3) is 5.08. The van der Waals surface area contributed by atoms with Crippen molar-refractivity contribution in [2.75, 3.05) is 0 Å². The zero-order valence-corrected chi connectivity index (χ0v) is 21.7. The van der Waals surface area contributed by atoms with Crippen LogP contribution in [-0.2, 0) is 23.2 Å². The van der Waals surface area contributed by atoms with Gasteiger partial charge >= 0.3 is 11.8 Å². The zero-order chi connectivity index (χ0) is 26.9. The van der Waals surface area contributed by atoms with Crippen molar-refractivity contribution in [2.45, 2.75) is 46.1 Å². The number of hydrogen-bond donors (Lipinski definition) is 2. The molecule has 9 heteroatoms. The molecular formula is C29H28N6O3. The highest BCUT2D eigenvalue weighted by atomic mass is 16.5. The SMILES string of the molecule is Cc1cc(-c2n[nH]c3ncc(-c4ccc(CC=O)cc4)cc23)ccc1CNC(=O)c1nc(C(C)(C)C)no1. The van der Waals surface area contributed by atoms with Crippen LogP contribution in [0.3, 0.4) is 0 Å². The lowest BCUT2D eigenvalue weighted by Crippen LogP contribution is -2.24. The van der Waals surface area contributed by atoms with Gasteiger partial charge in [0.05, 0.1) is 0 Å². The van der Waals surface area contributed by atoms with Crippen molar-refractivity contribution in [1.82, 2.24) is 30.6 Å². The van der Waals surface area contributed by atoms with Gasteiger partial charge in [-0.1, -0.05) is 62.3 Å². The lowest BCUT2D eigenvalue weighted by Gasteiger charge is -2.11. The Kier molecular flexibility index (Phi) is 6.59. The van der Waals surface area contributed by atoms with Gasteiger partial charge in [-0.3, -0.25) is 9.89 Å². The Morgan fingerprint density at radius 3 is 2.50 bits per heavy atom. The lowest BCUT2D eigenvalue weighted by molar-refractivity contribution is -0.107. The van der Waals surface area contributed by atoms with Crippen LogP contribution in [0.1, 0.15) is 54.0 Å². The van der Waals surface area contributed by atoms with Gasteiger partial charge in [-0.25, -0.2) is 4.98 Å². The maximum absolute atomic E-state index is 12.5. The van der Waals surface area contributed by atoms with Gasteiger partial charge in [0.2, 0.25) is 0 Å². The minimum Gasteiger partial charge on any atom is -0.344 e. The molecule has 0 unspecified atom stereocenters. The Morgan fingerprint density at radius 1 is 1.05 bits per heavy atom. The summed E-state index contributed by atoms with van der Waals surface area (Å²) in [5.74, 6) is 0.0309. The maximum Gasteiger partial charge on any atom is 0.315 e. The normalized spacial score (nSPS) is 11.6. The molecule has 0 aliphatic carbocycles. The van der Waals surface area contributed by atoms with Gasteiger partial charge in [0.15, 0.2) is 11.5 Å². The first-order valence-electron chi connectivity index (χ1n) is 12.3. The van der Waals surface area contributed by atoms with Crippen LogP contribution >= 0.6 is 0 Å². The highest BCUT2D eigenvalue weighted by molar-refractivity contribution is 5.93. The summed E-state index contributed by atoms with van der Waals surface area (Å²) in [6.07, 6.45) is 3.11. The van der Waals surface area contributed by atoms with Crippen molar-refractivity contribution in [3.63, 3.8) is 0 Å². The first-order chi connectivity index (χ1) is 18.2. The Morgan fingerprint density at radius 2 is 1.82 bits per heavy atom. The van der Waals surface area contributed by atoms with Crippen LogP contribution in [-0.4, -0.2) is 37.5 Å². The number of nitrogens with zero attached hydrogens (tertiary/aromatic N) is 4. The number of rotatable bonds is 7. The van der Waals surface area contributed by atoms with Gasteiger partial charge in [0.25, 0.3) is 0 Å². The molecule has 3 aromatic heterocycles. The van der Waals surface area contributed by atoms with Crippen molar-refractivity contribution in [2.24, 2.45) is 0 Å². The fraction of sp³-hybridized carbons (Fsp3) is 0.241. The minimum atomic E-state index is -0.410. The van der Waals surface area contributed by atoms with Gasteiger partial charge in [0, 0.05) is 41.1 Å². The number of aryl methyl sites for hydroxylation is 1. The summed E-state index contributed by atoms with van der Waals surface area (Å²) in [5, 5.41) is 15.2. The van der Waals surface area contributed by atoms with Crippen LogP contribution in [0.2, 0.25) is 0 Å². The summed E-state index contributed by atoms with van der Waals surface area (Å²) < 4.78 is 5.13. The summed E-state index contributed by atoms with van der Waals surface area (Å²) >= 11 is 0. The second kappa shape index (κ2) is 10.0. The van der Waals surface area contributed by atoms with E-state index in [2.05, 4.69) is 36.7 Å². The number of benzene rings is 2. The van der Waals surface area contributed by atoms with Gasteiger partial charge < -0.3 is 14.6 Å². The average molecular weight is 509 g/mol. The molecule has 38 heavy (non-hydrogen) atoms. The van der Waals surface area contributed by atoms with E-state index in [4.69, 9.17) is 4.52 Å². The number of hydrogen-bond acceptors (Lipinski definition) is 7. The number of pyridine rings is 1. The molecule has 0 saturated carbocycles. The molecule has 0 atom stereocenters. The van der Waals surface area contributed by atoms with Crippen molar-refractivity contribution in [3.05, 3.63) is 83.1 Å². The summed E-state index contributed by atoms with van der Waals surface area (Å²) in [6.45, 7) is 8.19. The standard InChI is InChI=1S/C29H28N6O3/c1-17-13-20(9-10-21(17)15-31-26(37)27-32-28(35-38-27)29(2,3)4)24-23-14-22(16-30-25(23)34-33-24)19-7-5-18(6-8-19)11-12-36/h5-10,12-14,16H,11,15H2,1-4H3,(H,31,37)(H,30,33,34). The largest absolute Gasteiger partial charge is 0.344 e. The number of fused-ring (bicyclic) bond motifs is 1. The molecule has 9 nitrogen and oxygen atoms in total. The van der Waals surface area contributed by atoms with Crippen LogP contribution in [0, 0.1) is 6.92 Å². The van der Waals surface area contributed by atoms with E-state index in [0.29, 0.717) is 24.4 Å². The molecule has 192 valence electrons. The molecule has 0 fully saturated rings. The highest BCUT2D eigenvalue weighted by Gasteiger charge is 2.23. The molecule has 0 aliphatic rings. The van der Waals surface area contributed by atoms with Gasteiger partial charge in [0.1, 0.15) is 12.0 Å². The monoisotopic (exact) mass is 508 g/mol. The first kappa shape index (κ1) is 25.0. The number of aromatic amines is 1. The number of aromatic nitrogens is 5. The molecule has 0 radical (unpaired) electrons. The van der Waals surface area contributed by atoms with Crippen LogP contribution in [0.15, 0.2) is 59.3 Å². The second-order valence-corrected chi connectivity index (χ2v) is 10.3. The van der Waals surface area contributed by atoms with E-state index in [-0.39, 0.29) is 11.3 Å². The molecule has 0 bridgehead atoms. The third-order valence-corrected chi connectivity index (χ3v) is 6.37. The van der Waals surface area contributed by atoms with Crippen molar-refractivity contribution < 1.29 is 14.1 Å². The number of nitrogens with one attached hydrogen (secondary N) is 2. The summed E-state index contributed by atoms with van der Waals surface area (Å²) in [7, 11) is 0. The fourth-order valence-electron chi connectivity index (χ4n) is 4.12. The number of carbonyl (C=O) groups is 2. The summed E-state index contributed by atoms with van der Waals surface area (Å²) in [6, 6.07) is 16.0. The fourth-order valence-corrected chi connectivity index (χ4v) is 4.12. The van der Waals surface area contributed by atoms with Gasteiger partial charge in [-0.15, -0.1) is 0 Å². The van der Waals surface area contributed by atoms with E-state index >= 15 is 0 Å². The third-order valence-electron chi connectivity index (χ3n) is 6.37. The maximum atomic E-state index is 12.5. The van der Waals surface area contributed by atoms with Crippen molar-refractivity contribution >= 4 is 23.2 Å². The molecule has 3 heterocycles. The molecule has 5 rings (SSSR count). The Labute approximate surface area is 219 Å². The first-order valence-corrected chi connectivity index (χ1v) is 12.3. The number of H-pyrrole nitrogens is 1. The molecular weight excluding hydrogens is 480 g/mol. The lowest BCUT2D eigenvalue weighted by atomic mass is 9.96. The van der Waals surface area contributed by atoms with Gasteiger partial charge in [-0.2, -0.15) is 10.1 Å². The smallest absolute Gasteiger partial charge is 0.315 e. The van der Waals surface area contributed by atoms with E-state index in [9.17, 15) is 9.59 Å². The Bertz CT molecular complexity index is 1630. The molecule has 2 aromatic carbocycles. The molecule has 1 amide bonds. The molecule has 5 aromatic rings. The van der Waals surface area contributed by atoms with Crippen LogP contribution in [0.5, 0.6) is 0 Å². The van der Waals surface area contributed by atoms with E-state index in [1.165, 1.54) is 0 Å². The predicted octanol–water partition coefficient (Wildman–Crippen LogP) is 4.95. The second-order valence-electron chi connectivity index (χ2n) is 10.3. The van der Waals surface area contributed by atoms with Crippen LogP contribution < -0.4 is 5.32 Å². The van der Waals surface area contributed by atoms with Crippen molar-refractivity contribution in [1.29, 1.82) is 0 Å². The zero-order valence-electron chi connectivity index (χ0n) is 21.7.